The molecule has 0 aliphatic carbocycles. The van der Waals surface area contributed by atoms with E-state index in [9.17, 15) is 4.79 Å². The van der Waals surface area contributed by atoms with Gasteiger partial charge in [0.15, 0.2) is 0 Å². The van der Waals surface area contributed by atoms with E-state index in [-0.39, 0.29) is 5.91 Å². The molecule has 0 atom stereocenters. The number of amides is 1. The third kappa shape index (κ3) is 4.47. The average Bonchev–Trinajstić information content (AvgIpc) is 2.40. The summed E-state index contributed by atoms with van der Waals surface area (Å²) in [6, 6.07) is 7.86. The first-order chi connectivity index (χ1) is 8.71. The van der Waals surface area contributed by atoms with Gasteiger partial charge >= 0.3 is 0 Å². The Morgan fingerprint density at radius 2 is 1.89 bits per heavy atom. The fourth-order valence-electron chi connectivity index (χ4n) is 1.74. The lowest BCUT2D eigenvalue weighted by Crippen LogP contribution is -2.34. The van der Waals surface area contributed by atoms with Crippen LogP contribution < -0.4 is 5.73 Å². The van der Waals surface area contributed by atoms with Gasteiger partial charge in [-0.05, 0) is 18.1 Å². The van der Waals surface area contributed by atoms with Gasteiger partial charge in [0.1, 0.15) is 0 Å². The molecule has 1 amide bonds. The molecule has 0 spiro atoms. The summed E-state index contributed by atoms with van der Waals surface area (Å²) >= 11 is 0. The van der Waals surface area contributed by atoms with Crippen LogP contribution in [0.4, 0.5) is 0 Å². The molecule has 0 bridgehead atoms. The lowest BCUT2D eigenvalue weighted by molar-refractivity contribution is -0.130. The second kappa shape index (κ2) is 7.84. The summed E-state index contributed by atoms with van der Waals surface area (Å²) in [5.41, 5.74) is 7.64. The maximum atomic E-state index is 12.0. The molecule has 0 aromatic heterocycles. The SMILES string of the molecule is CCN(CCOC)C(=O)Cc1ccc(CN)cc1. The minimum atomic E-state index is 0.134. The van der Waals surface area contributed by atoms with Crippen molar-refractivity contribution in [3.05, 3.63) is 35.4 Å². The molecule has 0 fully saturated rings. The molecular weight excluding hydrogens is 228 g/mol. The zero-order chi connectivity index (χ0) is 13.4. The van der Waals surface area contributed by atoms with Crippen molar-refractivity contribution in [1.82, 2.24) is 4.90 Å². The first-order valence-corrected chi connectivity index (χ1v) is 6.25. The average molecular weight is 250 g/mol. The maximum absolute atomic E-state index is 12.0. The Balaban J connectivity index is 2.55. The number of likely N-dealkylation sites (N-methyl/N-ethyl adjacent to an activating group) is 1. The Hall–Kier alpha value is -1.39. The number of methoxy groups -OCH3 is 1. The van der Waals surface area contributed by atoms with Crippen LogP contribution in [0.2, 0.25) is 0 Å². The monoisotopic (exact) mass is 250 g/mol. The van der Waals surface area contributed by atoms with E-state index >= 15 is 0 Å². The van der Waals surface area contributed by atoms with Gasteiger partial charge in [0.2, 0.25) is 5.91 Å². The van der Waals surface area contributed by atoms with Gasteiger partial charge in [-0.2, -0.15) is 0 Å². The van der Waals surface area contributed by atoms with Crippen molar-refractivity contribution in [2.24, 2.45) is 5.73 Å². The lowest BCUT2D eigenvalue weighted by Gasteiger charge is -2.20. The van der Waals surface area contributed by atoms with E-state index in [0.29, 0.717) is 32.7 Å². The van der Waals surface area contributed by atoms with Crippen molar-refractivity contribution in [3.63, 3.8) is 0 Å². The van der Waals surface area contributed by atoms with E-state index in [1.165, 1.54) is 0 Å². The van der Waals surface area contributed by atoms with Crippen LogP contribution in [0.5, 0.6) is 0 Å². The Morgan fingerprint density at radius 1 is 1.28 bits per heavy atom. The summed E-state index contributed by atoms with van der Waals surface area (Å²) in [5, 5.41) is 0. The van der Waals surface area contributed by atoms with Crippen LogP contribution in [0.3, 0.4) is 0 Å². The van der Waals surface area contributed by atoms with Crippen molar-refractivity contribution >= 4 is 5.91 Å². The molecular formula is C14H22N2O2. The molecule has 0 aliphatic heterocycles. The molecule has 0 heterocycles. The highest BCUT2D eigenvalue weighted by atomic mass is 16.5. The molecule has 1 rings (SSSR count). The van der Waals surface area contributed by atoms with E-state index in [0.717, 1.165) is 11.1 Å². The summed E-state index contributed by atoms with van der Waals surface area (Å²) in [5.74, 6) is 0.134. The molecule has 1 aromatic rings. The molecule has 1 aromatic carbocycles. The number of hydrogen-bond acceptors (Lipinski definition) is 3. The molecule has 0 saturated heterocycles. The summed E-state index contributed by atoms with van der Waals surface area (Å²) in [6.45, 7) is 4.44. The third-order valence-corrected chi connectivity index (χ3v) is 2.91. The molecule has 4 nitrogen and oxygen atoms in total. The summed E-state index contributed by atoms with van der Waals surface area (Å²) < 4.78 is 5.00. The second-order valence-electron chi connectivity index (χ2n) is 4.16. The number of hydrogen-bond donors (Lipinski definition) is 1. The van der Waals surface area contributed by atoms with Crippen molar-refractivity contribution < 1.29 is 9.53 Å². The highest BCUT2D eigenvalue weighted by Crippen LogP contribution is 2.06. The van der Waals surface area contributed by atoms with Crippen LogP contribution >= 0.6 is 0 Å². The van der Waals surface area contributed by atoms with Gasteiger partial charge in [0.25, 0.3) is 0 Å². The number of carbonyl (C=O) groups is 1. The Bertz CT molecular complexity index is 363. The van der Waals surface area contributed by atoms with Gasteiger partial charge in [-0.1, -0.05) is 24.3 Å². The van der Waals surface area contributed by atoms with Crippen molar-refractivity contribution in [2.45, 2.75) is 19.9 Å². The van der Waals surface area contributed by atoms with Crippen LogP contribution in [0.1, 0.15) is 18.1 Å². The minimum absolute atomic E-state index is 0.134. The topological polar surface area (TPSA) is 55.6 Å². The predicted molar refractivity (Wildman–Crippen MR) is 72.2 cm³/mol. The standard InChI is InChI=1S/C14H22N2O2/c1-3-16(8-9-18-2)14(17)10-12-4-6-13(11-15)7-5-12/h4-7H,3,8-11,15H2,1-2H3. The lowest BCUT2D eigenvalue weighted by atomic mass is 10.1. The van der Waals surface area contributed by atoms with Crippen molar-refractivity contribution in [1.29, 1.82) is 0 Å². The first-order valence-electron chi connectivity index (χ1n) is 6.25. The Morgan fingerprint density at radius 3 is 2.39 bits per heavy atom. The molecule has 2 N–H and O–H groups in total. The fraction of sp³-hybridized carbons (Fsp3) is 0.500. The predicted octanol–water partition coefficient (Wildman–Crippen LogP) is 1.18. The molecule has 18 heavy (non-hydrogen) atoms. The van der Waals surface area contributed by atoms with E-state index in [4.69, 9.17) is 10.5 Å². The number of nitrogens with zero attached hydrogens (tertiary/aromatic N) is 1. The maximum Gasteiger partial charge on any atom is 0.227 e. The molecule has 0 unspecified atom stereocenters. The van der Waals surface area contributed by atoms with Crippen LogP contribution in [-0.4, -0.2) is 37.6 Å². The smallest absolute Gasteiger partial charge is 0.227 e. The molecule has 100 valence electrons. The van der Waals surface area contributed by atoms with Gasteiger partial charge in [-0.25, -0.2) is 0 Å². The number of ether oxygens (including phenoxy) is 1. The normalized spacial score (nSPS) is 10.4. The summed E-state index contributed by atoms with van der Waals surface area (Å²) in [6.07, 6.45) is 0.433. The Labute approximate surface area is 109 Å². The highest BCUT2D eigenvalue weighted by molar-refractivity contribution is 5.78. The second-order valence-corrected chi connectivity index (χ2v) is 4.16. The molecule has 0 aliphatic rings. The molecule has 0 radical (unpaired) electrons. The number of carbonyl (C=O) groups excluding carboxylic acids is 1. The van der Waals surface area contributed by atoms with Gasteiger partial charge in [0.05, 0.1) is 13.0 Å². The third-order valence-electron chi connectivity index (χ3n) is 2.91. The van der Waals surface area contributed by atoms with E-state index < -0.39 is 0 Å². The Kier molecular flexibility index (Phi) is 6.39. The molecule has 4 heteroatoms. The first kappa shape index (κ1) is 14.7. The number of nitrogens with two attached hydrogens (primary N) is 1. The van der Waals surface area contributed by atoms with E-state index in [1.54, 1.807) is 12.0 Å². The van der Waals surface area contributed by atoms with Crippen LogP contribution in [-0.2, 0) is 22.5 Å². The quantitative estimate of drug-likeness (QED) is 0.790. The number of rotatable bonds is 7. The van der Waals surface area contributed by atoms with Crippen molar-refractivity contribution in [3.8, 4) is 0 Å². The highest BCUT2D eigenvalue weighted by Gasteiger charge is 2.11. The van der Waals surface area contributed by atoms with E-state index in [1.807, 2.05) is 31.2 Å². The number of benzene rings is 1. The fourth-order valence-corrected chi connectivity index (χ4v) is 1.74. The summed E-state index contributed by atoms with van der Waals surface area (Å²) in [7, 11) is 1.64. The van der Waals surface area contributed by atoms with Gasteiger partial charge < -0.3 is 15.4 Å². The molecule has 0 saturated carbocycles. The van der Waals surface area contributed by atoms with Crippen LogP contribution in [0.15, 0.2) is 24.3 Å². The van der Waals surface area contributed by atoms with Gasteiger partial charge in [-0.15, -0.1) is 0 Å². The van der Waals surface area contributed by atoms with Gasteiger partial charge in [0, 0.05) is 26.7 Å². The van der Waals surface area contributed by atoms with E-state index in [2.05, 4.69) is 0 Å². The van der Waals surface area contributed by atoms with Crippen molar-refractivity contribution in [2.75, 3.05) is 26.8 Å². The van der Waals surface area contributed by atoms with Crippen LogP contribution in [0, 0.1) is 0 Å². The van der Waals surface area contributed by atoms with Crippen LogP contribution in [0.25, 0.3) is 0 Å². The largest absolute Gasteiger partial charge is 0.383 e. The minimum Gasteiger partial charge on any atom is -0.383 e. The zero-order valence-corrected chi connectivity index (χ0v) is 11.2. The summed E-state index contributed by atoms with van der Waals surface area (Å²) in [4.78, 5) is 13.9. The zero-order valence-electron chi connectivity index (χ0n) is 11.2. The van der Waals surface area contributed by atoms with Gasteiger partial charge in [-0.3, -0.25) is 4.79 Å².